The number of fused-ring (bicyclic) bond motifs is 1. The predicted octanol–water partition coefficient (Wildman–Crippen LogP) is 3.09. The molecule has 1 aliphatic heterocycles. The molecule has 0 spiro atoms. The van der Waals surface area contributed by atoms with E-state index in [0.717, 1.165) is 13.1 Å². The molecule has 0 aromatic heterocycles. The number of alkyl halides is 1. The van der Waals surface area contributed by atoms with Gasteiger partial charge in [0.1, 0.15) is 6.00 Å². The SMILES string of the molecule is CCN1Cc2ccccc2N(CCl)S1. The van der Waals surface area contributed by atoms with Gasteiger partial charge in [-0.3, -0.25) is 4.31 Å². The smallest absolute Gasteiger partial charge is 0.105 e. The summed E-state index contributed by atoms with van der Waals surface area (Å²) in [5.74, 6) is 0. The minimum Gasteiger partial charge on any atom is -0.288 e. The fraction of sp³-hybridized carbons (Fsp3) is 0.400. The highest BCUT2D eigenvalue weighted by molar-refractivity contribution is 7.98. The summed E-state index contributed by atoms with van der Waals surface area (Å²) in [5, 5.41) is 0. The summed E-state index contributed by atoms with van der Waals surface area (Å²) in [6.07, 6.45) is 0. The third kappa shape index (κ3) is 1.85. The monoisotopic (exact) mass is 228 g/mol. The van der Waals surface area contributed by atoms with Gasteiger partial charge in [-0.2, -0.15) is 0 Å². The van der Waals surface area contributed by atoms with E-state index in [4.69, 9.17) is 11.6 Å². The molecule has 0 unspecified atom stereocenters. The van der Waals surface area contributed by atoms with Gasteiger partial charge in [0.05, 0.1) is 5.69 Å². The van der Waals surface area contributed by atoms with Gasteiger partial charge in [0.25, 0.3) is 0 Å². The van der Waals surface area contributed by atoms with E-state index in [9.17, 15) is 0 Å². The molecule has 2 nitrogen and oxygen atoms in total. The maximum atomic E-state index is 5.91. The van der Waals surface area contributed by atoms with Crippen LogP contribution in [0.1, 0.15) is 12.5 Å². The molecule has 1 aromatic rings. The molecule has 0 saturated carbocycles. The van der Waals surface area contributed by atoms with Crippen molar-refractivity contribution in [1.82, 2.24) is 4.31 Å². The number of hydrogen-bond donors (Lipinski definition) is 0. The molecular formula is C10H13ClN2S. The van der Waals surface area contributed by atoms with Gasteiger partial charge < -0.3 is 0 Å². The largest absolute Gasteiger partial charge is 0.288 e. The molecule has 4 heteroatoms. The zero-order valence-corrected chi connectivity index (χ0v) is 9.68. The second kappa shape index (κ2) is 4.43. The van der Waals surface area contributed by atoms with Crippen LogP contribution in [-0.2, 0) is 6.54 Å². The van der Waals surface area contributed by atoms with Crippen LogP contribution in [0.4, 0.5) is 5.69 Å². The minimum atomic E-state index is 0.526. The summed E-state index contributed by atoms with van der Waals surface area (Å²) in [6, 6.07) is 8.95. The molecule has 76 valence electrons. The van der Waals surface area contributed by atoms with Crippen molar-refractivity contribution in [2.24, 2.45) is 0 Å². The van der Waals surface area contributed by atoms with Crippen molar-refractivity contribution in [3.63, 3.8) is 0 Å². The quantitative estimate of drug-likeness (QED) is 0.436. The zero-order valence-electron chi connectivity index (χ0n) is 8.11. The summed E-state index contributed by atoms with van der Waals surface area (Å²) < 4.78 is 4.41. The molecule has 1 aliphatic rings. The Bertz CT molecular complexity index is 319. The number of rotatable bonds is 2. The lowest BCUT2D eigenvalue weighted by atomic mass is 10.2. The molecule has 0 amide bonds. The molecule has 0 radical (unpaired) electrons. The van der Waals surface area contributed by atoms with Gasteiger partial charge in [0.15, 0.2) is 0 Å². The lowest BCUT2D eigenvalue weighted by Crippen LogP contribution is -2.29. The number of benzene rings is 1. The summed E-state index contributed by atoms with van der Waals surface area (Å²) in [7, 11) is 0. The lowest BCUT2D eigenvalue weighted by Gasteiger charge is -2.34. The Balaban J connectivity index is 2.31. The predicted molar refractivity (Wildman–Crippen MR) is 63.3 cm³/mol. The van der Waals surface area contributed by atoms with E-state index in [-0.39, 0.29) is 0 Å². The van der Waals surface area contributed by atoms with Crippen LogP contribution in [-0.4, -0.2) is 16.9 Å². The van der Waals surface area contributed by atoms with Crippen LogP contribution >= 0.6 is 23.7 Å². The van der Waals surface area contributed by atoms with Gasteiger partial charge in [-0.05, 0) is 11.6 Å². The normalized spacial score (nSPS) is 16.9. The number of hydrogen-bond acceptors (Lipinski definition) is 3. The molecule has 2 rings (SSSR count). The van der Waals surface area contributed by atoms with E-state index in [1.807, 2.05) is 0 Å². The van der Waals surface area contributed by atoms with Crippen molar-refractivity contribution in [2.75, 3.05) is 16.9 Å². The van der Waals surface area contributed by atoms with Crippen LogP contribution in [0.3, 0.4) is 0 Å². The van der Waals surface area contributed by atoms with Gasteiger partial charge in [-0.1, -0.05) is 25.1 Å². The highest BCUT2D eigenvalue weighted by Crippen LogP contribution is 2.35. The molecule has 1 aromatic carbocycles. The fourth-order valence-corrected chi connectivity index (χ4v) is 2.71. The number of para-hydroxylation sites is 1. The van der Waals surface area contributed by atoms with Crippen molar-refractivity contribution in [3.05, 3.63) is 29.8 Å². The standard InChI is InChI=1S/C10H13ClN2S/c1-2-12-7-9-5-3-4-6-10(9)13(8-11)14-12/h3-6H,2,7-8H2,1H3. The molecule has 1 heterocycles. The number of anilines is 1. The van der Waals surface area contributed by atoms with Crippen LogP contribution in [0.25, 0.3) is 0 Å². The fourth-order valence-electron chi connectivity index (χ4n) is 1.55. The van der Waals surface area contributed by atoms with Crippen molar-refractivity contribution >= 4 is 29.4 Å². The lowest BCUT2D eigenvalue weighted by molar-refractivity contribution is 0.486. The second-order valence-corrected chi connectivity index (χ2v) is 4.52. The van der Waals surface area contributed by atoms with E-state index >= 15 is 0 Å². The third-order valence-corrected chi connectivity index (χ3v) is 3.80. The van der Waals surface area contributed by atoms with E-state index in [1.54, 1.807) is 12.1 Å². The number of halogens is 1. The Morgan fingerprint density at radius 3 is 2.93 bits per heavy atom. The number of nitrogens with zero attached hydrogens (tertiary/aromatic N) is 2. The first-order chi connectivity index (χ1) is 6.85. The van der Waals surface area contributed by atoms with E-state index < -0.39 is 0 Å². The topological polar surface area (TPSA) is 6.48 Å². The summed E-state index contributed by atoms with van der Waals surface area (Å²) in [6.45, 7) is 4.20. The van der Waals surface area contributed by atoms with Gasteiger partial charge in [-0.15, -0.1) is 11.6 Å². The van der Waals surface area contributed by atoms with Gasteiger partial charge in [0.2, 0.25) is 0 Å². The molecule has 0 aliphatic carbocycles. The first kappa shape index (κ1) is 10.1. The average Bonchev–Trinajstić information content (AvgIpc) is 2.27. The Morgan fingerprint density at radius 2 is 2.21 bits per heavy atom. The van der Waals surface area contributed by atoms with Crippen molar-refractivity contribution < 1.29 is 0 Å². The van der Waals surface area contributed by atoms with Crippen LogP contribution < -0.4 is 4.31 Å². The van der Waals surface area contributed by atoms with Crippen LogP contribution in [0, 0.1) is 0 Å². The average molecular weight is 229 g/mol. The summed E-state index contributed by atoms with van der Waals surface area (Å²) in [4.78, 5) is 0. The molecule has 14 heavy (non-hydrogen) atoms. The molecule has 0 bridgehead atoms. The third-order valence-electron chi connectivity index (χ3n) is 2.28. The van der Waals surface area contributed by atoms with Crippen molar-refractivity contribution in [1.29, 1.82) is 0 Å². The van der Waals surface area contributed by atoms with Gasteiger partial charge in [-0.25, -0.2) is 4.31 Å². The Labute approximate surface area is 94.1 Å². The molecular weight excluding hydrogens is 216 g/mol. The van der Waals surface area contributed by atoms with E-state index in [0.29, 0.717) is 6.00 Å². The molecule has 0 atom stereocenters. The first-order valence-electron chi connectivity index (χ1n) is 4.69. The highest BCUT2D eigenvalue weighted by atomic mass is 35.5. The van der Waals surface area contributed by atoms with Crippen LogP contribution in [0.2, 0.25) is 0 Å². The van der Waals surface area contributed by atoms with Crippen molar-refractivity contribution in [2.45, 2.75) is 13.5 Å². The first-order valence-corrected chi connectivity index (χ1v) is 5.96. The van der Waals surface area contributed by atoms with Crippen LogP contribution in [0.5, 0.6) is 0 Å². The summed E-state index contributed by atoms with van der Waals surface area (Å²) >= 11 is 7.62. The van der Waals surface area contributed by atoms with Gasteiger partial charge >= 0.3 is 0 Å². The zero-order chi connectivity index (χ0) is 9.97. The maximum Gasteiger partial charge on any atom is 0.105 e. The molecule has 0 N–H and O–H groups in total. The Kier molecular flexibility index (Phi) is 3.21. The van der Waals surface area contributed by atoms with Crippen molar-refractivity contribution in [3.8, 4) is 0 Å². The maximum absolute atomic E-state index is 5.91. The van der Waals surface area contributed by atoms with Crippen LogP contribution in [0.15, 0.2) is 24.3 Å². The van der Waals surface area contributed by atoms with Gasteiger partial charge in [0, 0.05) is 25.2 Å². The summed E-state index contributed by atoms with van der Waals surface area (Å²) in [5.41, 5.74) is 2.60. The second-order valence-electron chi connectivity index (χ2n) is 3.16. The Morgan fingerprint density at radius 1 is 1.43 bits per heavy atom. The molecule has 0 saturated heterocycles. The highest BCUT2D eigenvalue weighted by Gasteiger charge is 2.21. The molecule has 0 fully saturated rings. The van der Waals surface area contributed by atoms with E-state index in [2.05, 4.69) is 39.8 Å². The van der Waals surface area contributed by atoms with E-state index in [1.165, 1.54) is 11.3 Å². The minimum absolute atomic E-state index is 0.526. The Hall–Kier alpha value is -0.380.